The van der Waals surface area contributed by atoms with Crippen molar-refractivity contribution < 1.29 is 15.4 Å². The number of nitrogens with zero attached hydrogens (tertiary/aromatic N) is 3. The first kappa shape index (κ1) is 13.6. The molecule has 0 aliphatic carbocycles. The predicted octanol–water partition coefficient (Wildman–Crippen LogP) is -2.13. The lowest BCUT2D eigenvalue weighted by Gasteiger charge is -2.33. The van der Waals surface area contributed by atoms with E-state index >= 15 is 0 Å². The van der Waals surface area contributed by atoms with Gasteiger partial charge in [0.2, 0.25) is 0 Å². The Morgan fingerprint density at radius 3 is 3.00 bits per heavy atom. The third kappa shape index (κ3) is 1.93. The van der Waals surface area contributed by atoms with E-state index in [1.165, 1.54) is 18.1 Å². The Bertz CT molecular complexity index is 544. The van der Waals surface area contributed by atoms with Crippen molar-refractivity contribution in [2.75, 3.05) is 11.9 Å². The molecule has 0 unspecified atom stereocenters. The van der Waals surface area contributed by atoms with Crippen LogP contribution in [0.1, 0.15) is 16.7 Å². The van der Waals surface area contributed by atoms with Crippen LogP contribution >= 0.6 is 11.8 Å². The first-order valence-corrected chi connectivity index (χ1v) is 6.23. The Labute approximate surface area is 112 Å². The van der Waals surface area contributed by atoms with Gasteiger partial charge in [-0.1, -0.05) is 11.8 Å². The minimum Gasteiger partial charge on any atom is -0.412 e. The number of hydrogen-bond donors (Lipinski definition) is 4. The summed E-state index contributed by atoms with van der Waals surface area (Å²) in [7, 11) is 0. The van der Waals surface area contributed by atoms with E-state index in [1.54, 1.807) is 4.57 Å². The molecule has 3 rings (SSSR count). The molecule has 3 atom stereocenters. The van der Waals surface area contributed by atoms with Gasteiger partial charge < -0.3 is 27.4 Å². The second-order valence-corrected chi connectivity index (χ2v) is 5.31. The summed E-state index contributed by atoms with van der Waals surface area (Å²) < 4.78 is 1.73. The van der Waals surface area contributed by atoms with E-state index < -0.39 is 5.91 Å². The zero-order valence-electron chi connectivity index (χ0n) is 9.78. The Morgan fingerprint density at radius 2 is 2.37 bits per heavy atom. The van der Waals surface area contributed by atoms with E-state index in [0.717, 1.165) is 0 Å². The number of carbonyl (C=O) groups is 1. The van der Waals surface area contributed by atoms with Crippen molar-refractivity contribution in [1.29, 1.82) is 0 Å². The molecule has 3 heterocycles. The first-order chi connectivity index (χ1) is 8.61. The molecule has 0 saturated carbocycles. The van der Waals surface area contributed by atoms with Crippen LogP contribution in [0, 0.1) is 0 Å². The van der Waals surface area contributed by atoms with Crippen LogP contribution in [0.3, 0.4) is 0 Å². The minimum absolute atomic E-state index is 0. The molecular weight excluding hydrogens is 272 g/mol. The summed E-state index contributed by atoms with van der Waals surface area (Å²) >= 11 is 1.40. The number of primary amides is 1. The highest BCUT2D eigenvalue weighted by molar-refractivity contribution is 8.14. The number of rotatable bonds is 2. The van der Waals surface area contributed by atoms with E-state index in [2.05, 4.69) is 15.3 Å². The molecule has 19 heavy (non-hydrogen) atoms. The van der Waals surface area contributed by atoms with Crippen LogP contribution in [-0.2, 0) is 0 Å². The van der Waals surface area contributed by atoms with Gasteiger partial charge in [0.25, 0.3) is 5.91 Å². The normalized spacial score (nSPS) is 27.6. The number of nitrogens with one attached hydrogen (secondary N) is 1. The van der Waals surface area contributed by atoms with Crippen LogP contribution in [-0.4, -0.2) is 49.1 Å². The van der Waals surface area contributed by atoms with E-state index in [9.17, 15) is 9.90 Å². The Balaban J connectivity index is 0.00000133. The summed E-state index contributed by atoms with van der Waals surface area (Å²) in [4.78, 5) is 19.5. The highest BCUT2D eigenvalue weighted by Gasteiger charge is 2.42. The van der Waals surface area contributed by atoms with Gasteiger partial charge in [-0.05, 0) is 0 Å². The Morgan fingerprint density at radius 1 is 1.63 bits per heavy atom. The summed E-state index contributed by atoms with van der Waals surface area (Å²) in [5, 5.41) is 12.9. The average molecular weight is 286 g/mol. The van der Waals surface area contributed by atoms with E-state index in [0.29, 0.717) is 11.0 Å². The van der Waals surface area contributed by atoms with E-state index in [4.69, 9.17) is 11.5 Å². The Hall–Kier alpha value is -1.78. The lowest BCUT2D eigenvalue weighted by Crippen LogP contribution is -2.44. The van der Waals surface area contributed by atoms with Crippen LogP contribution in [0.2, 0.25) is 0 Å². The van der Waals surface area contributed by atoms with E-state index in [-0.39, 0.29) is 35.2 Å². The second-order valence-electron chi connectivity index (χ2n) is 4.11. The van der Waals surface area contributed by atoms with Gasteiger partial charge in [-0.3, -0.25) is 9.36 Å². The van der Waals surface area contributed by atoms with Crippen molar-refractivity contribution in [2.45, 2.75) is 17.5 Å². The minimum atomic E-state index is -0.617. The van der Waals surface area contributed by atoms with Crippen molar-refractivity contribution in [2.24, 2.45) is 16.5 Å². The third-order valence-electron chi connectivity index (χ3n) is 3.04. The van der Waals surface area contributed by atoms with Gasteiger partial charge >= 0.3 is 0 Å². The van der Waals surface area contributed by atoms with Gasteiger partial charge in [-0.2, -0.15) is 0 Å². The molecule has 10 heteroatoms. The number of thioether (sulfide) groups is 1. The number of amidine groups is 1. The number of amides is 1. The number of anilines is 1. The molecule has 0 fully saturated rings. The number of aliphatic imine (C=N–C) groups is 1. The first-order valence-electron chi connectivity index (χ1n) is 5.35. The van der Waals surface area contributed by atoms with Gasteiger partial charge in [0.05, 0.1) is 24.2 Å². The number of fused-ring (bicyclic) bond motifs is 3. The standard InChI is InChI=1S/C9H12N6O2S.H2O/c10-6(17)4-7-13-3(1-16)5-8(14-9(11)18-5)15(7)2-12-4;/h2-3,5,8,13,16H,1H2,(H2,10,17)(H2,11,14);1H2/t3-,5+,8-;/m1./s1. The molecule has 0 spiro atoms. The van der Waals surface area contributed by atoms with Crippen molar-refractivity contribution in [1.82, 2.24) is 9.55 Å². The summed E-state index contributed by atoms with van der Waals surface area (Å²) in [5.74, 6) is -0.129. The molecule has 104 valence electrons. The molecule has 0 bridgehead atoms. The molecular formula is C9H14N6O3S. The topological polar surface area (TPSA) is 163 Å². The zero-order chi connectivity index (χ0) is 12.9. The zero-order valence-corrected chi connectivity index (χ0v) is 10.6. The summed E-state index contributed by atoms with van der Waals surface area (Å²) in [6.07, 6.45) is 1.25. The van der Waals surface area contributed by atoms with Crippen molar-refractivity contribution in [3.63, 3.8) is 0 Å². The predicted molar refractivity (Wildman–Crippen MR) is 70.9 cm³/mol. The van der Waals surface area contributed by atoms with Crippen molar-refractivity contribution in [3.05, 3.63) is 12.0 Å². The number of nitrogens with two attached hydrogens (primary N) is 2. The fraction of sp³-hybridized carbons (Fsp3) is 0.444. The molecule has 2 aliphatic rings. The maximum atomic E-state index is 11.3. The molecule has 1 amide bonds. The molecule has 8 N–H and O–H groups in total. The molecule has 0 radical (unpaired) electrons. The number of hydrogen-bond acceptors (Lipinski definition) is 7. The summed E-state index contributed by atoms with van der Waals surface area (Å²) in [5.41, 5.74) is 11.1. The van der Waals surface area contributed by atoms with E-state index in [1.807, 2.05) is 0 Å². The van der Waals surface area contributed by atoms with Crippen LogP contribution in [0.5, 0.6) is 0 Å². The lowest BCUT2D eigenvalue weighted by atomic mass is 10.1. The maximum absolute atomic E-state index is 11.3. The summed E-state index contributed by atoms with van der Waals surface area (Å²) in [6.45, 7) is -0.0830. The van der Waals surface area contributed by atoms with Gasteiger partial charge in [-0.15, -0.1) is 0 Å². The number of aliphatic hydroxyl groups excluding tert-OH is 1. The summed E-state index contributed by atoms with van der Waals surface area (Å²) in [6, 6.07) is -0.243. The monoisotopic (exact) mass is 286 g/mol. The fourth-order valence-electron chi connectivity index (χ4n) is 2.24. The number of aromatic nitrogens is 2. The Kier molecular flexibility index (Phi) is 3.39. The van der Waals surface area contributed by atoms with Crippen LogP contribution in [0.15, 0.2) is 11.3 Å². The number of aliphatic hydroxyl groups is 1. The van der Waals surface area contributed by atoms with Crippen LogP contribution in [0.4, 0.5) is 5.82 Å². The van der Waals surface area contributed by atoms with Crippen LogP contribution < -0.4 is 16.8 Å². The molecule has 9 nitrogen and oxygen atoms in total. The van der Waals surface area contributed by atoms with Crippen molar-refractivity contribution in [3.8, 4) is 0 Å². The molecule has 0 aromatic carbocycles. The largest absolute Gasteiger partial charge is 0.412 e. The van der Waals surface area contributed by atoms with Gasteiger partial charge in [0.1, 0.15) is 12.0 Å². The third-order valence-corrected chi connectivity index (χ3v) is 4.23. The van der Waals surface area contributed by atoms with Crippen LogP contribution in [0.25, 0.3) is 0 Å². The SMILES string of the molecule is NC(=O)c1ncn2c1N[C@H](CO)[C@@H]1SC(N)=N[C@@H]12.O. The van der Waals surface area contributed by atoms with Gasteiger partial charge in [0.15, 0.2) is 10.9 Å². The molecule has 0 saturated heterocycles. The number of carbonyl (C=O) groups excluding carboxylic acids is 1. The molecule has 1 aromatic heterocycles. The quantitative estimate of drug-likeness (QED) is 0.485. The lowest BCUT2D eigenvalue weighted by molar-refractivity contribution is 0.0996. The highest BCUT2D eigenvalue weighted by Crippen LogP contribution is 2.41. The molecule has 2 aliphatic heterocycles. The fourth-order valence-corrected chi connectivity index (χ4v) is 3.32. The number of imidazole rings is 1. The highest BCUT2D eigenvalue weighted by atomic mass is 32.2. The molecule has 1 aromatic rings. The van der Waals surface area contributed by atoms with Gasteiger partial charge in [-0.25, -0.2) is 9.98 Å². The smallest absolute Gasteiger partial charge is 0.271 e. The van der Waals surface area contributed by atoms with Gasteiger partial charge in [0, 0.05) is 0 Å². The maximum Gasteiger partial charge on any atom is 0.271 e. The second kappa shape index (κ2) is 4.72. The average Bonchev–Trinajstić information content (AvgIpc) is 2.89. The van der Waals surface area contributed by atoms with Crippen molar-refractivity contribution >= 4 is 28.7 Å².